The fourth-order valence-corrected chi connectivity index (χ4v) is 2.96. The van der Waals surface area contributed by atoms with Gasteiger partial charge in [0, 0.05) is 45.0 Å². The minimum atomic E-state index is -0.0941. The molecule has 128 valence electrons. The van der Waals surface area contributed by atoms with Gasteiger partial charge in [0.25, 0.3) is 0 Å². The second-order valence-corrected chi connectivity index (χ2v) is 6.30. The van der Waals surface area contributed by atoms with Crippen LogP contribution in [0.25, 0.3) is 11.0 Å². The highest BCUT2D eigenvalue weighted by atomic mass is 16.5. The molecule has 0 amide bonds. The van der Waals surface area contributed by atoms with Gasteiger partial charge in [-0.15, -0.1) is 0 Å². The predicted octanol–water partition coefficient (Wildman–Crippen LogP) is 2.60. The van der Waals surface area contributed by atoms with Crippen LogP contribution in [-0.2, 0) is 11.2 Å². The minimum absolute atomic E-state index is 0.0941. The first kappa shape index (κ1) is 16.6. The summed E-state index contributed by atoms with van der Waals surface area (Å²) >= 11 is 0. The number of fused-ring (bicyclic) bond motifs is 1. The Kier molecular flexibility index (Phi) is 4.94. The van der Waals surface area contributed by atoms with Gasteiger partial charge >= 0.3 is 0 Å². The van der Waals surface area contributed by atoms with Crippen molar-refractivity contribution < 1.29 is 9.53 Å². The van der Waals surface area contributed by atoms with E-state index in [0.29, 0.717) is 5.69 Å². The molecule has 0 aliphatic carbocycles. The molecule has 0 aromatic carbocycles. The summed E-state index contributed by atoms with van der Waals surface area (Å²) < 4.78 is 7.46. The summed E-state index contributed by atoms with van der Waals surface area (Å²) in [6.45, 7) is 3.59. The van der Waals surface area contributed by atoms with Crippen LogP contribution in [0.4, 0.5) is 0 Å². The highest BCUT2D eigenvalue weighted by Gasteiger charge is 2.22. The van der Waals surface area contributed by atoms with Crippen LogP contribution in [0.15, 0.2) is 24.4 Å². The van der Waals surface area contributed by atoms with Crippen molar-refractivity contribution in [1.82, 2.24) is 19.7 Å². The number of hydrogen-bond acceptors (Lipinski definition) is 5. The van der Waals surface area contributed by atoms with E-state index >= 15 is 0 Å². The Morgan fingerprint density at radius 3 is 2.79 bits per heavy atom. The van der Waals surface area contributed by atoms with Crippen molar-refractivity contribution in [3.05, 3.63) is 35.8 Å². The third-order valence-corrected chi connectivity index (χ3v) is 4.28. The lowest BCUT2D eigenvalue weighted by molar-refractivity contribution is 0.0672. The molecule has 0 atom stereocenters. The molecule has 0 saturated carbocycles. The third-order valence-electron chi connectivity index (χ3n) is 4.28. The number of ketones is 1. The molecule has 1 saturated heterocycles. The summed E-state index contributed by atoms with van der Waals surface area (Å²) in [6, 6.07) is 4.05. The number of aromatic nitrogens is 3. The van der Waals surface area contributed by atoms with E-state index in [9.17, 15) is 4.79 Å². The molecule has 6 heteroatoms. The number of hydrogen-bond donors (Lipinski definition) is 0. The Morgan fingerprint density at radius 1 is 1.38 bits per heavy atom. The van der Waals surface area contributed by atoms with Crippen molar-refractivity contribution in [2.75, 3.05) is 27.3 Å². The molecule has 6 nitrogen and oxygen atoms in total. The predicted molar refractivity (Wildman–Crippen MR) is 93.2 cm³/mol. The van der Waals surface area contributed by atoms with Gasteiger partial charge in [-0.2, -0.15) is 5.10 Å². The molecule has 0 spiro atoms. The highest BCUT2D eigenvalue weighted by Crippen LogP contribution is 2.27. The molecule has 1 fully saturated rings. The van der Waals surface area contributed by atoms with Gasteiger partial charge in [0.15, 0.2) is 5.65 Å². The summed E-state index contributed by atoms with van der Waals surface area (Å²) in [5.74, 6) is -0.0941. The summed E-state index contributed by atoms with van der Waals surface area (Å²) in [5.41, 5.74) is 2.30. The van der Waals surface area contributed by atoms with Crippen molar-refractivity contribution in [2.24, 2.45) is 0 Å². The molecular weight excluding hydrogens is 304 g/mol. The highest BCUT2D eigenvalue weighted by molar-refractivity contribution is 6.04. The Morgan fingerprint density at radius 2 is 2.12 bits per heavy atom. The number of allylic oxidation sites excluding steroid dienone is 1. The zero-order chi connectivity index (χ0) is 17.1. The molecular formula is C18H24N4O2. The number of aryl methyl sites for hydroxylation is 1. The Hall–Kier alpha value is -2.21. The van der Waals surface area contributed by atoms with E-state index in [2.05, 4.69) is 11.9 Å². The van der Waals surface area contributed by atoms with E-state index in [4.69, 9.17) is 9.84 Å². The van der Waals surface area contributed by atoms with E-state index in [1.54, 1.807) is 18.3 Å². The number of ether oxygens (including phenoxy) is 1. The average Bonchev–Trinajstić information content (AvgIpc) is 2.98. The topological polar surface area (TPSA) is 60.2 Å². The maximum atomic E-state index is 12.3. The summed E-state index contributed by atoms with van der Waals surface area (Å²) in [6.07, 6.45) is 5.99. The van der Waals surface area contributed by atoms with Crippen LogP contribution in [0.5, 0.6) is 0 Å². The maximum Gasteiger partial charge on any atom is 0.205 e. The first-order valence-corrected chi connectivity index (χ1v) is 8.45. The van der Waals surface area contributed by atoms with Crippen molar-refractivity contribution in [3.63, 3.8) is 0 Å². The van der Waals surface area contributed by atoms with E-state index in [-0.39, 0.29) is 11.8 Å². The van der Waals surface area contributed by atoms with Crippen LogP contribution in [0.2, 0.25) is 0 Å². The Balaban J connectivity index is 2.01. The van der Waals surface area contributed by atoms with Crippen LogP contribution in [0, 0.1) is 0 Å². The van der Waals surface area contributed by atoms with Crippen molar-refractivity contribution in [3.8, 4) is 0 Å². The molecule has 24 heavy (non-hydrogen) atoms. The quantitative estimate of drug-likeness (QED) is 0.624. The fourth-order valence-electron chi connectivity index (χ4n) is 2.96. The van der Waals surface area contributed by atoms with Crippen LogP contribution in [0.3, 0.4) is 0 Å². The number of pyridine rings is 1. The summed E-state index contributed by atoms with van der Waals surface area (Å²) in [5, 5.41) is 5.81. The van der Waals surface area contributed by atoms with Gasteiger partial charge < -0.3 is 9.64 Å². The molecule has 0 N–H and O–H groups in total. The van der Waals surface area contributed by atoms with Gasteiger partial charge in [-0.05, 0) is 31.4 Å². The minimum Gasteiger partial charge on any atom is -0.383 e. The van der Waals surface area contributed by atoms with E-state index in [1.807, 2.05) is 29.7 Å². The van der Waals surface area contributed by atoms with Crippen molar-refractivity contribution >= 4 is 16.8 Å². The van der Waals surface area contributed by atoms with E-state index < -0.39 is 0 Å². The van der Waals surface area contributed by atoms with Crippen LogP contribution < -0.4 is 0 Å². The lowest BCUT2D eigenvalue weighted by atomic mass is 10.1. The molecule has 0 radical (unpaired) electrons. The lowest BCUT2D eigenvalue weighted by Crippen LogP contribution is -2.21. The molecule has 3 rings (SSSR count). The lowest BCUT2D eigenvalue weighted by Gasteiger charge is -2.22. The Bertz CT molecular complexity index is 758. The smallest absolute Gasteiger partial charge is 0.205 e. The molecule has 1 aliphatic rings. The first-order valence-electron chi connectivity index (χ1n) is 8.45. The van der Waals surface area contributed by atoms with Gasteiger partial charge in [-0.3, -0.25) is 4.79 Å². The van der Waals surface area contributed by atoms with Crippen LogP contribution in [-0.4, -0.2) is 52.8 Å². The van der Waals surface area contributed by atoms with Gasteiger partial charge in [-0.25, -0.2) is 9.67 Å². The molecule has 0 unspecified atom stereocenters. The van der Waals surface area contributed by atoms with E-state index in [1.165, 1.54) is 0 Å². The van der Waals surface area contributed by atoms with Crippen LogP contribution >= 0.6 is 0 Å². The summed E-state index contributed by atoms with van der Waals surface area (Å²) in [7, 11) is 3.77. The van der Waals surface area contributed by atoms with Crippen LogP contribution in [0.1, 0.15) is 42.0 Å². The second kappa shape index (κ2) is 7.13. The molecule has 1 aliphatic heterocycles. The summed E-state index contributed by atoms with van der Waals surface area (Å²) in [4.78, 5) is 18.8. The first-order chi connectivity index (χ1) is 11.6. The maximum absolute atomic E-state index is 12.3. The van der Waals surface area contributed by atoms with Gasteiger partial charge in [0.1, 0.15) is 5.69 Å². The molecule has 2 aromatic rings. The fraction of sp³-hybridized carbons (Fsp3) is 0.500. The van der Waals surface area contributed by atoms with E-state index in [0.717, 1.165) is 49.2 Å². The normalized spacial score (nSPS) is 16.1. The van der Waals surface area contributed by atoms with Gasteiger partial charge in [-0.1, -0.05) is 6.92 Å². The standard InChI is InChI=1S/C18H24N4O2/c1-4-15-14-5-6-16(17(23)7-10-21(2)3)19-18(14)22(20-15)13-8-11-24-12-9-13/h5-7,10,13H,4,8-9,11-12H2,1-3H3. The average molecular weight is 328 g/mol. The number of carbonyl (C=O) groups excluding carboxylic acids is 1. The third kappa shape index (κ3) is 3.33. The Labute approximate surface area is 142 Å². The van der Waals surface area contributed by atoms with Crippen molar-refractivity contribution in [2.45, 2.75) is 32.2 Å². The molecule has 3 heterocycles. The monoisotopic (exact) mass is 328 g/mol. The SMILES string of the molecule is CCc1nn(C2CCOCC2)c2nc(C(=O)C=CN(C)C)ccc12. The second-order valence-electron chi connectivity index (χ2n) is 6.30. The number of nitrogens with zero attached hydrogens (tertiary/aromatic N) is 4. The van der Waals surface area contributed by atoms with Crippen molar-refractivity contribution in [1.29, 1.82) is 0 Å². The van der Waals surface area contributed by atoms with Gasteiger partial charge in [0.2, 0.25) is 5.78 Å². The zero-order valence-corrected chi connectivity index (χ0v) is 14.5. The molecule has 0 bridgehead atoms. The van der Waals surface area contributed by atoms with Gasteiger partial charge in [0.05, 0.1) is 11.7 Å². The number of rotatable bonds is 5. The largest absolute Gasteiger partial charge is 0.383 e. The molecule has 2 aromatic heterocycles. The number of carbonyl (C=O) groups is 1. The zero-order valence-electron chi connectivity index (χ0n) is 14.5.